The van der Waals surface area contributed by atoms with Crippen LogP contribution in [-0.4, -0.2) is 69.9 Å². The van der Waals surface area contributed by atoms with Crippen LogP contribution in [0.3, 0.4) is 0 Å². The minimum Gasteiger partial charge on any atom is -2.00 e. The molecule has 3 nitrogen and oxygen atoms in total. The molecule has 0 aromatic heterocycles. The zero-order valence-corrected chi connectivity index (χ0v) is 14.1. The maximum atomic E-state index is 0. The van der Waals surface area contributed by atoms with Gasteiger partial charge < -0.3 is 16.4 Å². The molecule has 0 saturated heterocycles. The molecule has 0 amide bonds. The van der Waals surface area contributed by atoms with Crippen LogP contribution in [0.4, 0.5) is 0 Å². The Balaban J connectivity index is 0. The molecule has 0 saturated carbocycles. The maximum absolute atomic E-state index is 0. The van der Waals surface area contributed by atoms with Crippen LogP contribution < -0.4 is 0 Å². The molecular formula is H6Al2Ge2O3P2. The molecule has 0 N–H and O–H groups in total. The van der Waals surface area contributed by atoms with Gasteiger partial charge in [-0.3, -0.25) is 0 Å². The van der Waals surface area contributed by atoms with Crippen molar-refractivity contribution in [3.8, 4) is 0 Å². The van der Waals surface area contributed by atoms with E-state index in [9.17, 15) is 0 Å². The number of hydrogen-bond acceptors (Lipinski definition) is 0. The van der Waals surface area contributed by atoms with Crippen LogP contribution in [0, 0.1) is 0 Å². The minimum atomic E-state index is 0. The summed E-state index contributed by atoms with van der Waals surface area (Å²) in [5.41, 5.74) is 0. The minimum absolute atomic E-state index is 0. The van der Waals surface area contributed by atoms with Crippen molar-refractivity contribution in [2.24, 2.45) is 0 Å². The third-order valence-electron chi connectivity index (χ3n) is 0. The third-order valence-corrected chi connectivity index (χ3v) is 0. The van der Waals surface area contributed by atoms with E-state index in [1.807, 2.05) is 0 Å². The van der Waals surface area contributed by atoms with Gasteiger partial charge in [0.15, 0.2) is 0 Å². The van der Waals surface area contributed by atoms with Crippen molar-refractivity contribution in [2.75, 3.05) is 0 Å². The monoisotopic (exact) mass is 318 g/mol. The van der Waals surface area contributed by atoms with Crippen LogP contribution >= 0.6 is 19.8 Å². The fourth-order valence-corrected chi connectivity index (χ4v) is 0. The van der Waals surface area contributed by atoms with E-state index in [1.54, 1.807) is 0 Å². The van der Waals surface area contributed by atoms with Gasteiger partial charge in [0.25, 0.3) is 0 Å². The number of rotatable bonds is 0. The second-order valence-electron chi connectivity index (χ2n) is 0. The molecule has 0 aliphatic heterocycles. The van der Waals surface area contributed by atoms with Gasteiger partial charge in [0.1, 0.15) is 0 Å². The Morgan fingerprint density at radius 1 is 0.444 bits per heavy atom. The van der Waals surface area contributed by atoms with Gasteiger partial charge in [0.05, 0.1) is 0 Å². The normalized spacial score (nSPS) is 0. The fourth-order valence-electron chi connectivity index (χ4n) is 0. The van der Waals surface area contributed by atoms with Crippen LogP contribution in [0.15, 0.2) is 0 Å². The summed E-state index contributed by atoms with van der Waals surface area (Å²) >= 11 is 0. The van der Waals surface area contributed by atoms with E-state index in [1.165, 1.54) is 0 Å². The van der Waals surface area contributed by atoms with Gasteiger partial charge in [-0.1, -0.05) is 0 Å². The Hall–Kier alpha value is 2.89. The predicted octanol–water partition coefficient (Wildman–Crippen LogP) is -1.76. The van der Waals surface area contributed by atoms with E-state index in [0.29, 0.717) is 0 Å². The van der Waals surface area contributed by atoms with E-state index >= 15 is 0 Å². The molecule has 0 rings (SSSR count). The van der Waals surface area contributed by atoms with Gasteiger partial charge >= 0.3 is 34.7 Å². The molecule has 0 bridgehead atoms. The van der Waals surface area contributed by atoms with E-state index in [4.69, 9.17) is 0 Å². The van der Waals surface area contributed by atoms with Crippen molar-refractivity contribution in [3.63, 3.8) is 0 Å². The second kappa shape index (κ2) is 128. The first-order chi connectivity index (χ1) is 0. The number of hydrogen-bond donors (Lipinski definition) is 0. The summed E-state index contributed by atoms with van der Waals surface area (Å²) in [6.07, 6.45) is 0. The molecule has 48 valence electrons. The van der Waals surface area contributed by atoms with Crippen LogP contribution in [0.1, 0.15) is 0 Å². The van der Waals surface area contributed by atoms with Crippen molar-refractivity contribution in [1.29, 1.82) is 0 Å². The molecule has 2 atom stereocenters. The van der Waals surface area contributed by atoms with Crippen LogP contribution in [0.5, 0.6) is 0 Å². The van der Waals surface area contributed by atoms with Crippen molar-refractivity contribution in [2.45, 2.75) is 0 Å². The summed E-state index contributed by atoms with van der Waals surface area (Å²) in [6.45, 7) is 0. The Kier molecular flexibility index (Phi) is 2390. The summed E-state index contributed by atoms with van der Waals surface area (Å²) in [5.74, 6) is 0. The Labute approximate surface area is 105 Å². The molecular weight excluding hydrogens is 309 g/mol. The Morgan fingerprint density at radius 2 is 0.444 bits per heavy atom. The van der Waals surface area contributed by atoms with Gasteiger partial charge in [-0.25, -0.2) is 0 Å². The van der Waals surface area contributed by atoms with Crippen LogP contribution in [0.2, 0.25) is 0 Å². The maximum Gasteiger partial charge on any atom is 3.00 e. The summed E-state index contributed by atoms with van der Waals surface area (Å²) in [5, 5.41) is 0. The SMILES string of the molecule is P.P.[Al+3].[Al+3].[Ge].[Ge].[O-2].[O-2].[O-2]. The van der Waals surface area contributed by atoms with Gasteiger partial charge in [-0.15, -0.1) is 0 Å². The zero-order valence-electron chi connectivity index (χ0n) is 4.79. The van der Waals surface area contributed by atoms with Crippen molar-refractivity contribution in [1.82, 2.24) is 0 Å². The van der Waals surface area contributed by atoms with Crippen LogP contribution in [-0.2, 0) is 16.4 Å². The van der Waals surface area contributed by atoms with E-state index in [-0.39, 0.29) is 106 Å². The molecule has 2 unspecified atom stereocenters. The largest absolute Gasteiger partial charge is 3.00 e. The Morgan fingerprint density at radius 3 is 0.444 bits per heavy atom. The van der Waals surface area contributed by atoms with E-state index in [2.05, 4.69) is 0 Å². The van der Waals surface area contributed by atoms with Gasteiger partial charge in [-0.2, -0.15) is 19.8 Å². The molecule has 9 heteroatoms. The van der Waals surface area contributed by atoms with Crippen molar-refractivity contribution in [3.05, 3.63) is 0 Å². The first-order valence-electron chi connectivity index (χ1n) is 0. The topological polar surface area (TPSA) is 85.5 Å². The van der Waals surface area contributed by atoms with Crippen molar-refractivity contribution < 1.29 is 16.4 Å². The second-order valence-corrected chi connectivity index (χ2v) is 0. The molecule has 0 heterocycles. The third kappa shape index (κ3) is 103. The molecule has 0 spiro atoms. The molecule has 9 heavy (non-hydrogen) atoms. The predicted molar refractivity (Wildman–Crippen MR) is 47.3 cm³/mol. The van der Waals surface area contributed by atoms with Gasteiger partial charge in [0, 0.05) is 35.2 Å². The summed E-state index contributed by atoms with van der Waals surface area (Å²) in [7, 11) is 0. The average molecular weight is 315 g/mol. The fraction of sp³-hybridized carbons (Fsp3) is 0. The molecule has 8 radical (unpaired) electrons. The summed E-state index contributed by atoms with van der Waals surface area (Å²) in [4.78, 5) is 0. The average Bonchev–Trinajstić information content (AvgIpc) is 0. The van der Waals surface area contributed by atoms with Crippen LogP contribution in [0.25, 0.3) is 0 Å². The standard InChI is InChI=1S/2Al.2Ge.3O.2H3P/h;;;;;;;2*1H3/q2*+3;;;3*-2;;. The first kappa shape index (κ1) is 169. The Bertz CT molecular complexity index is 17.8. The zero-order chi connectivity index (χ0) is 0. The van der Waals surface area contributed by atoms with E-state index < -0.39 is 0 Å². The molecule has 0 fully saturated rings. The van der Waals surface area contributed by atoms with Gasteiger partial charge in [0.2, 0.25) is 0 Å². The van der Waals surface area contributed by atoms with Gasteiger partial charge in [-0.05, 0) is 0 Å². The molecule has 0 aliphatic rings. The quantitative estimate of drug-likeness (QED) is 0.375. The summed E-state index contributed by atoms with van der Waals surface area (Å²) < 4.78 is 0. The summed E-state index contributed by atoms with van der Waals surface area (Å²) in [6, 6.07) is 0. The first-order valence-corrected chi connectivity index (χ1v) is 0. The van der Waals surface area contributed by atoms with Crippen molar-refractivity contribution >= 4 is 89.7 Å². The molecule has 0 aliphatic carbocycles. The smallest absolute Gasteiger partial charge is 2.00 e. The molecule has 0 aromatic rings. The van der Waals surface area contributed by atoms with E-state index in [0.717, 1.165) is 0 Å². The molecule has 0 aromatic carbocycles.